The first kappa shape index (κ1) is 19.2. The molecule has 3 aromatic rings. The van der Waals surface area contributed by atoms with Crippen LogP contribution in [0.2, 0.25) is 0 Å². The van der Waals surface area contributed by atoms with Crippen molar-refractivity contribution >= 4 is 17.7 Å². The monoisotopic (exact) mass is 379 g/mol. The smallest absolute Gasteiger partial charge is 0.340 e. The number of carbonyl (C=O) groups is 2. The van der Waals surface area contributed by atoms with E-state index in [9.17, 15) is 9.59 Å². The molecule has 0 saturated heterocycles. The normalized spacial score (nSPS) is 10.5. The number of rotatable bonds is 6. The van der Waals surface area contributed by atoms with Crippen LogP contribution in [-0.2, 0) is 11.3 Å². The van der Waals surface area contributed by atoms with Gasteiger partial charge in [-0.3, -0.25) is 0 Å². The maximum absolute atomic E-state index is 12.5. The van der Waals surface area contributed by atoms with Gasteiger partial charge in [-0.2, -0.15) is 0 Å². The maximum atomic E-state index is 12.5. The molecule has 0 aliphatic rings. The van der Waals surface area contributed by atoms with Crippen molar-refractivity contribution in [3.63, 3.8) is 0 Å². The molecule has 0 bridgehead atoms. The third-order valence-corrected chi connectivity index (χ3v) is 3.75. The van der Waals surface area contributed by atoms with Crippen LogP contribution < -0.4 is 10.6 Å². The Morgan fingerprint density at radius 2 is 1.79 bits per heavy atom. The van der Waals surface area contributed by atoms with Crippen LogP contribution in [0.1, 0.15) is 30.1 Å². The molecule has 0 unspecified atom stereocenters. The number of anilines is 1. The average Bonchev–Trinajstić information content (AvgIpc) is 3.15. The van der Waals surface area contributed by atoms with Crippen molar-refractivity contribution in [1.29, 1.82) is 0 Å². The minimum absolute atomic E-state index is 0.0250. The van der Waals surface area contributed by atoms with Crippen molar-refractivity contribution in [3.8, 4) is 11.3 Å². The van der Waals surface area contributed by atoms with E-state index < -0.39 is 12.0 Å². The third-order valence-electron chi connectivity index (χ3n) is 3.75. The molecular formula is C21H21N3O4. The molecule has 0 fully saturated rings. The predicted octanol–water partition coefficient (Wildman–Crippen LogP) is 4.23. The second-order valence-corrected chi connectivity index (χ2v) is 6.36. The van der Waals surface area contributed by atoms with Gasteiger partial charge in [0.1, 0.15) is 0 Å². The summed E-state index contributed by atoms with van der Waals surface area (Å²) < 4.78 is 10.9. The number of nitrogens with zero attached hydrogens (tertiary/aromatic N) is 1. The van der Waals surface area contributed by atoms with E-state index in [1.165, 1.54) is 0 Å². The van der Waals surface area contributed by atoms with Gasteiger partial charge in [-0.15, -0.1) is 0 Å². The molecular weight excluding hydrogens is 358 g/mol. The van der Waals surface area contributed by atoms with Crippen LogP contribution in [0.15, 0.2) is 65.2 Å². The van der Waals surface area contributed by atoms with Crippen molar-refractivity contribution < 1.29 is 18.7 Å². The number of para-hydroxylation sites is 1. The highest BCUT2D eigenvalue weighted by Crippen LogP contribution is 2.21. The van der Waals surface area contributed by atoms with Gasteiger partial charge < -0.3 is 19.8 Å². The average molecular weight is 379 g/mol. The second-order valence-electron chi connectivity index (χ2n) is 6.36. The Labute approximate surface area is 162 Å². The lowest BCUT2D eigenvalue weighted by atomic mass is 10.2. The van der Waals surface area contributed by atoms with Gasteiger partial charge in [0.2, 0.25) is 5.89 Å². The highest BCUT2D eigenvalue weighted by Gasteiger charge is 2.16. The van der Waals surface area contributed by atoms with Crippen LogP contribution in [0.5, 0.6) is 0 Å². The summed E-state index contributed by atoms with van der Waals surface area (Å²) in [5.74, 6) is 0.300. The number of oxazole rings is 1. The molecule has 0 aliphatic heterocycles. The summed E-state index contributed by atoms with van der Waals surface area (Å²) in [6.07, 6.45) is 1.59. The molecule has 7 heteroatoms. The largest absolute Gasteiger partial charge is 0.452 e. The first-order valence-electron chi connectivity index (χ1n) is 8.86. The van der Waals surface area contributed by atoms with Crippen molar-refractivity contribution in [1.82, 2.24) is 10.3 Å². The SMILES string of the molecule is CC(C)NC(=O)Nc1ccccc1C(=O)OCc1ncc(-c2ccccc2)o1. The summed E-state index contributed by atoms with van der Waals surface area (Å²) in [7, 11) is 0. The van der Waals surface area contributed by atoms with E-state index in [0.29, 0.717) is 11.4 Å². The third kappa shape index (κ3) is 4.97. The second kappa shape index (κ2) is 8.85. The molecule has 1 heterocycles. The molecule has 144 valence electrons. The van der Waals surface area contributed by atoms with Crippen LogP contribution in [0, 0.1) is 0 Å². The molecule has 2 amide bonds. The highest BCUT2D eigenvalue weighted by molar-refractivity contribution is 6.00. The van der Waals surface area contributed by atoms with Crippen molar-refractivity contribution in [2.45, 2.75) is 26.5 Å². The lowest BCUT2D eigenvalue weighted by Crippen LogP contribution is -2.34. The number of hydrogen-bond acceptors (Lipinski definition) is 5. The van der Waals surface area contributed by atoms with Gasteiger partial charge in [0.25, 0.3) is 0 Å². The number of esters is 1. The molecule has 0 radical (unpaired) electrons. The molecule has 0 atom stereocenters. The molecule has 3 rings (SSSR count). The van der Waals surface area contributed by atoms with E-state index in [1.54, 1.807) is 30.5 Å². The van der Waals surface area contributed by atoms with Crippen LogP contribution in [0.4, 0.5) is 10.5 Å². The van der Waals surface area contributed by atoms with Gasteiger partial charge >= 0.3 is 12.0 Å². The topological polar surface area (TPSA) is 93.5 Å². The van der Waals surface area contributed by atoms with E-state index in [1.807, 2.05) is 44.2 Å². The molecule has 1 aromatic heterocycles. The molecule has 2 aromatic carbocycles. The Hall–Kier alpha value is -3.61. The lowest BCUT2D eigenvalue weighted by Gasteiger charge is -2.12. The number of carbonyl (C=O) groups excluding carboxylic acids is 2. The Morgan fingerprint density at radius 1 is 1.07 bits per heavy atom. The fourth-order valence-electron chi connectivity index (χ4n) is 2.51. The molecule has 0 saturated carbocycles. The number of benzene rings is 2. The fraction of sp³-hybridized carbons (Fsp3) is 0.190. The predicted molar refractivity (Wildman–Crippen MR) is 105 cm³/mol. The van der Waals surface area contributed by atoms with E-state index in [4.69, 9.17) is 9.15 Å². The van der Waals surface area contributed by atoms with E-state index in [-0.39, 0.29) is 24.1 Å². The molecule has 28 heavy (non-hydrogen) atoms. The Bertz CT molecular complexity index is 951. The standard InChI is InChI=1S/C21H21N3O4/c1-14(2)23-21(26)24-17-11-7-6-10-16(17)20(25)27-13-19-22-12-18(28-19)15-8-4-3-5-9-15/h3-12,14H,13H2,1-2H3,(H2,23,24,26). The quantitative estimate of drug-likeness (QED) is 0.625. The van der Waals surface area contributed by atoms with Crippen molar-refractivity contribution in [2.24, 2.45) is 0 Å². The minimum atomic E-state index is -0.583. The summed E-state index contributed by atoms with van der Waals surface area (Å²) in [5.41, 5.74) is 1.50. The lowest BCUT2D eigenvalue weighted by molar-refractivity contribution is 0.0440. The van der Waals surface area contributed by atoms with Gasteiger partial charge in [-0.25, -0.2) is 14.6 Å². The highest BCUT2D eigenvalue weighted by atomic mass is 16.5. The van der Waals surface area contributed by atoms with Gasteiger partial charge in [-0.05, 0) is 26.0 Å². The van der Waals surface area contributed by atoms with Crippen molar-refractivity contribution in [3.05, 3.63) is 72.2 Å². The number of ether oxygens (including phenoxy) is 1. The van der Waals surface area contributed by atoms with Crippen LogP contribution >= 0.6 is 0 Å². The van der Waals surface area contributed by atoms with Gasteiger partial charge in [0.05, 0.1) is 17.4 Å². The summed E-state index contributed by atoms with van der Waals surface area (Å²) in [5, 5.41) is 5.36. The summed E-state index contributed by atoms with van der Waals surface area (Å²) in [6, 6.07) is 15.7. The number of amides is 2. The molecule has 0 aliphatic carbocycles. The van der Waals surface area contributed by atoms with Crippen LogP contribution in [-0.4, -0.2) is 23.0 Å². The van der Waals surface area contributed by atoms with E-state index in [2.05, 4.69) is 15.6 Å². The Kier molecular flexibility index (Phi) is 6.06. The zero-order valence-corrected chi connectivity index (χ0v) is 15.6. The first-order valence-corrected chi connectivity index (χ1v) is 8.86. The first-order chi connectivity index (χ1) is 13.5. The number of urea groups is 1. The maximum Gasteiger partial charge on any atom is 0.340 e. The molecule has 7 nitrogen and oxygen atoms in total. The zero-order valence-electron chi connectivity index (χ0n) is 15.6. The van der Waals surface area contributed by atoms with Gasteiger partial charge in [-0.1, -0.05) is 42.5 Å². The molecule has 2 N–H and O–H groups in total. The summed E-state index contributed by atoms with van der Waals surface area (Å²) in [6.45, 7) is 3.58. The molecule has 0 spiro atoms. The van der Waals surface area contributed by atoms with E-state index in [0.717, 1.165) is 5.56 Å². The zero-order chi connectivity index (χ0) is 19.9. The number of nitrogens with one attached hydrogen (secondary N) is 2. The number of hydrogen-bond donors (Lipinski definition) is 2. The summed E-state index contributed by atoms with van der Waals surface area (Å²) in [4.78, 5) is 28.5. The Balaban J connectivity index is 1.64. The van der Waals surface area contributed by atoms with Crippen LogP contribution in [0.3, 0.4) is 0 Å². The van der Waals surface area contributed by atoms with Gasteiger partial charge in [0.15, 0.2) is 12.4 Å². The fourth-order valence-corrected chi connectivity index (χ4v) is 2.51. The number of aromatic nitrogens is 1. The minimum Gasteiger partial charge on any atom is -0.452 e. The van der Waals surface area contributed by atoms with Crippen LogP contribution in [0.25, 0.3) is 11.3 Å². The van der Waals surface area contributed by atoms with Gasteiger partial charge in [0, 0.05) is 11.6 Å². The van der Waals surface area contributed by atoms with Crippen molar-refractivity contribution in [2.75, 3.05) is 5.32 Å². The van der Waals surface area contributed by atoms with E-state index >= 15 is 0 Å². The Morgan fingerprint density at radius 3 is 2.54 bits per heavy atom. The summed E-state index contributed by atoms with van der Waals surface area (Å²) >= 11 is 0.